The van der Waals surface area contributed by atoms with Gasteiger partial charge in [-0.05, 0) is 19.9 Å². The lowest BCUT2D eigenvalue weighted by Gasteiger charge is -2.11. The highest BCUT2D eigenvalue weighted by Crippen LogP contribution is 2.29. The second kappa shape index (κ2) is 6.00. The SMILES string of the molecule is C/C=C/COc1ccc([N+](=O)[O-])cc1[C@H](C)O. The number of nitro groups is 1. The largest absolute Gasteiger partial charge is 0.489 e. The predicted molar refractivity (Wildman–Crippen MR) is 64.0 cm³/mol. The van der Waals surface area contributed by atoms with Gasteiger partial charge in [-0.25, -0.2) is 0 Å². The van der Waals surface area contributed by atoms with Crippen LogP contribution in [0.3, 0.4) is 0 Å². The van der Waals surface area contributed by atoms with Crippen LogP contribution in [0.4, 0.5) is 5.69 Å². The number of non-ortho nitro benzene ring substituents is 1. The van der Waals surface area contributed by atoms with Crippen LogP contribution in [0.25, 0.3) is 0 Å². The molecule has 0 unspecified atom stereocenters. The van der Waals surface area contributed by atoms with E-state index in [4.69, 9.17) is 4.74 Å². The molecule has 0 saturated carbocycles. The molecule has 0 bridgehead atoms. The van der Waals surface area contributed by atoms with Crippen LogP contribution in [0.15, 0.2) is 30.4 Å². The molecule has 0 spiro atoms. The van der Waals surface area contributed by atoms with Crippen LogP contribution in [0.2, 0.25) is 0 Å². The molecule has 1 N–H and O–H groups in total. The molecule has 92 valence electrons. The molecule has 1 aromatic carbocycles. The van der Waals surface area contributed by atoms with Gasteiger partial charge in [0.25, 0.3) is 5.69 Å². The van der Waals surface area contributed by atoms with Gasteiger partial charge >= 0.3 is 0 Å². The molecule has 0 fully saturated rings. The summed E-state index contributed by atoms with van der Waals surface area (Å²) in [5.74, 6) is 0.462. The number of allylic oxidation sites excluding steroid dienone is 1. The molecule has 17 heavy (non-hydrogen) atoms. The van der Waals surface area contributed by atoms with Gasteiger partial charge in [-0.15, -0.1) is 0 Å². The summed E-state index contributed by atoms with van der Waals surface area (Å²) in [4.78, 5) is 10.1. The minimum Gasteiger partial charge on any atom is -0.489 e. The Morgan fingerprint density at radius 1 is 1.59 bits per heavy atom. The van der Waals surface area contributed by atoms with E-state index in [0.29, 0.717) is 17.9 Å². The van der Waals surface area contributed by atoms with E-state index < -0.39 is 11.0 Å². The van der Waals surface area contributed by atoms with Crippen molar-refractivity contribution < 1.29 is 14.8 Å². The second-order valence-electron chi connectivity index (χ2n) is 3.54. The Labute approximate surface area is 99.5 Å². The predicted octanol–water partition coefficient (Wildman–Crippen LogP) is 2.60. The van der Waals surface area contributed by atoms with Crippen molar-refractivity contribution in [3.05, 3.63) is 46.0 Å². The lowest BCUT2D eigenvalue weighted by atomic mass is 10.1. The van der Waals surface area contributed by atoms with Crippen LogP contribution >= 0.6 is 0 Å². The van der Waals surface area contributed by atoms with E-state index in [1.807, 2.05) is 19.1 Å². The first-order chi connectivity index (χ1) is 8.06. The summed E-state index contributed by atoms with van der Waals surface area (Å²) in [6.07, 6.45) is 2.84. The maximum Gasteiger partial charge on any atom is 0.270 e. The van der Waals surface area contributed by atoms with Crippen molar-refractivity contribution in [2.45, 2.75) is 20.0 Å². The van der Waals surface area contributed by atoms with Crippen LogP contribution in [0.5, 0.6) is 5.75 Å². The third kappa shape index (κ3) is 3.57. The number of rotatable bonds is 5. The fourth-order valence-corrected chi connectivity index (χ4v) is 1.34. The minimum absolute atomic E-state index is 0.0562. The van der Waals surface area contributed by atoms with E-state index in [2.05, 4.69) is 0 Å². The summed E-state index contributed by atoms with van der Waals surface area (Å²) in [7, 11) is 0. The van der Waals surface area contributed by atoms with Crippen molar-refractivity contribution in [1.82, 2.24) is 0 Å². The Morgan fingerprint density at radius 2 is 2.29 bits per heavy atom. The molecule has 1 rings (SSSR count). The first kappa shape index (κ1) is 13.2. The number of aliphatic hydroxyl groups excluding tert-OH is 1. The lowest BCUT2D eigenvalue weighted by molar-refractivity contribution is -0.385. The Balaban J connectivity index is 3.00. The topological polar surface area (TPSA) is 72.6 Å². The zero-order chi connectivity index (χ0) is 12.8. The molecule has 0 amide bonds. The van der Waals surface area contributed by atoms with Gasteiger partial charge in [0, 0.05) is 17.7 Å². The molecule has 5 nitrogen and oxygen atoms in total. The van der Waals surface area contributed by atoms with Crippen molar-refractivity contribution in [2.75, 3.05) is 6.61 Å². The van der Waals surface area contributed by atoms with Crippen molar-refractivity contribution in [1.29, 1.82) is 0 Å². The molecule has 0 saturated heterocycles. The third-order valence-corrected chi connectivity index (χ3v) is 2.23. The molecular formula is C12H15NO4. The van der Waals surface area contributed by atoms with Gasteiger partial charge in [0.2, 0.25) is 0 Å². The smallest absolute Gasteiger partial charge is 0.270 e. The van der Waals surface area contributed by atoms with Gasteiger partial charge in [0.15, 0.2) is 0 Å². The number of hydrogen-bond donors (Lipinski definition) is 1. The number of nitrogens with zero attached hydrogens (tertiary/aromatic N) is 1. The molecule has 5 heteroatoms. The molecule has 0 radical (unpaired) electrons. The normalized spacial score (nSPS) is 12.6. The number of nitro benzene ring substituents is 1. The maximum absolute atomic E-state index is 10.6. The average Bonchev–Trinajstić information content (AvgIpc) is 2.29. The van der Waals surface area contributed by atoms with Crippen LogP contribution < -0.4 is 4.74 Å². The Morgan fingerprint density at radius 3 is 2.82 bits per heavy atom. The summed E-state index contributed by atoms with van der Waals surface area (Å²) in [6.45, 7) is 3.78. The summed E-state index contributed by atoms with van der Waals surface area (Å²) in [5, 5.41) is 20.2. The van der Waals surface area contributed by atoms with E-state index in [9.17, 15) is 15.2 Å². The summed E-state index contributed by atoms with van der Waals surface area (Å²) in [6, 6.07) is 4.19. The van der Waals surface area contributed by atoms with Crippen LogP contribution in [-0.2, 0) is 0 Å². The highest BCUT2D eigenvalue weighted by Gasteiger charge is 2.14. The third-order valence-electron chi connectivity index (χ3n) is 2.23. The van der Waals surface area contributed by atoms with Crippen molar-refractivity contribution in [2.24, 2.45) is 0 Å². The summed E-state index contributed by atoms with van der Waals surface area (Å²) in [5.41, 5.74) is 0.364. The molecule has 0 aliphatic carbocycles. The van der Waals surface area contributed by atoms with E-state index in [1.54, 1.807) is 6.92 Å². The minimum atomic E-state index is -0.810. The summed E-state index contributed by atoms with van der Waals surface area (Å²) < 4.78 is 5.40. The number of ether oxygens (including phenoxy) is 1. The lowest BCUT2D eigenvalue weighted by Crippen LogP contribution is -2.01. The zero-order valence-electron chi connectivity index (χ0n) is 9.79. The fraction of sp³-hybridized carbons (Fsp3) is 0.333. The Hall–Kier alpha value is -1.88. The van der Waals surface area contributed by atoms with E-state index in [-0.39, 0.29) is 5.69 Å². The molecule has 0 aliphatic heterocycles. The quantitative estimate of drug-likeness (QED) is 0.485. The van der Waals surface area contributed by atoms with Gasteiger partial charge in [-0.3, -0.25) is 10.1 Å². The van der Waals surface area contributed by atoms with Gasteiger partial charge in [0.05, 0.1) is 11.0 Å². The molecule has 0 aromatic heterocycles. The molecular weight excluding hydrogens is 222 g/mol. The maximum atomic E-state index is 10.6. The fourth-order valence-electron chi connectivity index (χ4n) is 1.34. The zero-order valence-corrected chi connectivity index (χ0v) is 9.79. The van der Waals surface area contributed by atoms with E-state index >= 15 is 0 Å². The average molecular weight is 237 g/mol. The standard InChI is InChI=1S/C12H15NO4/c1-3-4-7-17-12-6-5-10(13(15)16)8-11(12)9(2)14/h3-6,8-9,14H,7H2,1-2H3/b4-3+/t9-/m0/s1. The van der Waals surface area contributed by atoms with Crippen molar-refractivity contribution >= 4 is 5.69 Å². The van der Waals surface area contributed by atoms with Crippen molar-refractivity contribution in [3.8, 4) is 5.75 Å². The number of aliphatic hydroxyl groups is 1. The monoisotopic (exact) mass is 237 g/mol. The van der Waals surface area contributed by atoms with Gasteiger partial charge < -0.3 is 9.84 Å². The summed E-state index contributed by atoms with van der Waals surface area (Å²) >= 11 is 0. The highest BCUT2D eigenvalue weighted by atomic mass is 16.6. The number of hydrogen-bond acceptors (Lipinski definition) is 4. The first-order valence-corrected chi connectivity index (χ1v) is 5.26. The van der Waals surface area contributed by atoms with Crippen LogP contribution in [-0.4, -0.2) is 16.6 Å². The molecule has 0 heterocycles. The Bertz CT molecular complexity index is 427. The second-order valence-corrected chi connectivity index (χ2v) is 3.54. The van der Waals surface area contributed by atoms with Gasteiger partial charge in [0.1, 0.15) is 12.4 Å². The molecule has 1 aromatic rings. The Kier molecular flexibility index (Phi) is 4.66. The molecule has 0 aliphatic rings. The van der Waals surface area contributed by atoms with E-state index in [0.717, 1.165) is 0 Å². The van der Waals surface area contributed by atoms with Crippen LogP contribution in [0.1, 0.15) is 25.5 Å². The van der Waals surface area contributed by atoms with Crippen molar-refractivity contribution in [3.63, 3.8) is 0 Å². The van der Waals surface area contributed by atoms with Crippen LogP contribution in [0, 0.1) is 10.1 Å². The molecule has 1 atom stereocenters. The highest BCUT2D eigenvalue weighted by molar-refractivity contribution is 5.44. The first-order valence-electron chi connectivity index (χ1n) is 5.26. The van der Waals surface area contributed by atoms with Gasteiger partial charge in [-0.1, -0.05) is 12.2 Å². The van der Waals surface area contributed by atoms with E-state index in [1.165, 1.54) is 18.2 Å². The van der Waals surface area contributed by atoms with Gasteiger partial charge in [-0.2, -0.15) is 0 Å². The number of benzene rings is 1.